The number of nitro benzene ring substituents is 1. The van der Waals surface area contributed by atoms with Crippen LogP contribution in [0.4, 0.5) is 5.69 Å². The van der Waals surface area contributed by atoms with Gasteiger partial charge >= 0.3 is 5.97 Å². The van der Waals surface area contributed by atoms with E-state index in [-0.39, 0.29) is 10.6 Å². The highest BCUT2D eigenvalue weighted by Crippen LogP contribution is 2.32. The molecule has 7 heteroatoms. The van der Waals surface area contributed by atoms with Crippen molar-refractivity contribution in [3.05, 3.63) is 52.1 Å². The third-order valence-electron chi connectivity index (χ3n) is 6.94. The average Bonchev–Trinajstić information content (AvgIpc) is 3.23. The van der Waals surface area contributed by atoms with Gasteiger partial charge in [-0.25, -0.2) is 4.79 Å². The number of oxime groups is 1. The monoisotopic (exact) mass is 537 g/mol. The van der Waals surface area contributed by atoms with Crippen LogP contribution in [0.15, 0.2) is 41.6 Å². The number of benzene rings is 2. The number of nitro groups is 1. The molecule has 3 aromatic rings. The molecule has 0 saturated heterocycles. The molecular weight excluding hydrogens is 490 g/mol. The average molecular weight is 538 g/mol. The van der Waals surface area contributed by atoms with Crippen molar-refractivity contribution in [2.45, 2.75) is 118 Å². The number of hydrogen-bond acceptors (Lipinski definition) is 5. The van der Waals surface area contributed by atoms with E-state index in [1.165, 1.54) is 83.6 Å². The predicted molar refractivity (Wildman–Crippen MR) is 163 cm³/mol. The summed E-state index contributed by atoms with van der Waals surface area (Å²) in [4.78, 5) is 26.4. The van der Waals surface area contributed by atoms with Crippen LogP contribution in [0.2, 0.25) is 0 Å². The number of fused-ring (bicyclic) bond motifs is 3. The Kier molecular flexibility index (Phi) is 14.3. The zero-order valence-electron chi connectivity index (χ0n) is 24.6. The lowest BCUT2D eigenvalue weighted by atomic mass is 10.1. The number of hydrogen-bond donors (Lipinski definition) is 0. The molecule has 3 rings (SSSR count). The summed E-state index contributed by atoms with van der Waals surface area (Å²) in [7, 11) is 0. The van der Waals surface area contributed by atoms with Crippen LogP contribution in [-0.2, 0) is 16.2 Å². The van der Waals surface area contributed by atoms with Gasteiger partial charge in [0, 0.05) is 47.4 Å². The topological polar surface area (TPSA) is 86.7 Å². The Morgan fingerprint density at radius 3 is 1.79 bits per heavy atom. The number of rotatable bonds is 15. The Morgan fingerprint density at radius 1 is 0.795 bits per heavy atom. The molecular formula is C32H47N3O4. The van der Waals surface area contributed by atoms with Crippen LogP contribution in [0, 0.1) is 10.1 Å². The van der Waals surface area contributed by atoms with E-state index in [1.54, 1.807) is 19.1 Å². The molecule has 0 N–H and O–H groups in total. The zero-order chi connectivity index (χ0) is 28.6. The van der Waals surface area contributed by atoms with E-state index in [1.807, 2.05) is 18.2 Å². The first-order valence-electron chi connectivity index (χ1n) is 14.8. The quantitative estimate of drug-likeness (QED) is 0.0634. The second kappa shape index (κ2) is 17.4. The third-order valence-corrected chi connectivity index (χ3v) is 6.94. The van der Waals surface area contributed by atoms with Crippen LogP contribution in [-0.4, -0.2) is 21.2 Å². The fourth-order valence-corrected chi connectivity index (χ4v) is 4.82. The molecule has 0 atom stereocenters. The van der Waals surface area contributed by atoms with Gasteiger partial charge in [-0.1, -0.05) is 103 Å². The van der Waals surface area contributed by atoms with E-state index in [2.05, 4.69) is 30.5 Å². The lowest BCUT2D eigenvalue weighted by Crippen LogP contribution is -2.00. The van der Waals surface area contributed by atoms with Gasteiger partial charge in [0.1, 0.15) is 0 Å². The highest BCUT2D eigenvalue weighted by atomic mass is 16.7. The minimum Gasteiger partial charge on any atom is -0.340 e. The Labute approximate surface area is 233 Å². The van der Waals surface area contributed by atoms with Gasteiger partial charge in [-0.3, -0.25) is 10.1 Å². The van der Waals surface area contributed by atoms with Crippen molar-refractivity contribution in [2.24, 2.45) is 5.16 Å². The third kappa shape index (κ3) is 10.1. The number of non-ortho nitro benzene ring substituents is 1. The lowest BCUT2D eigenvalue weighted by Gasteiger charge is -2.06. The number of carbonyl (C=O) groups is 1. The van der Waals surface area contributed by atoms with Crippen molar-refractivity contribution >= 4 is 39.2 Å². The molecule has 39 heavy (non-hydrogen) atoms. The fraction of sp³-hybridized carbons (Fsp3) is 0.562. The highest BCUT2D eigenvalue weighted by molar-refractivity contribution is 6.12. The molecule has 0 saturated carbocycles. The number of aromatic nitrogens is 1. The molecule has 1 heterocycles. The van der Waals surface area contributed by atoms with Gasteiger partial charge in [-0.2, -0.15) is 0 Å². The molecule has 0 fully saturated rings. The maximum atomic E-state index is 11.2. The molecule has 7 nitrogen and oxygen atoms in total. The second-order valence-corrected chi connectivity index (χ2v) is 10.3. The Bertz CT molecular complexity index is 1220. The maximum absolute atomic E-state index is 11.2. The van der Waals surface area contributed by atoms with Gasteiger partial charge in [0.2, 0.25) is 0 Å². The molecule has 0 spiro atoms. The standard InChI is InChI=1S/C19H19N3O4.C13H28/c1-4-9-21-18-7-5-14(12(2)20-26-13(3)23)10-16(18)17-11-15(22(24)25)6-8-19(17)21;1-3-5-7-9-11-13-12-10-8-6-4-2/h5-8,10-11H,4,9H2,1-3H3;3-13H2,1-2H3/b20-12+;. The molecule has 1 aromatic heterocycles. The Morgan fingerprint density at radius 2 is 1.31 bits per heavy atom. The van der Waals surface area contributed by atoms with E-state index in [0.717, 1.165) is 40.3 Å². The largest absolute Gasteiger partial charge is 0.340 e. The van der Waals surface area contributed by atoms with Crippen LogP contribution in [0.3, 0.4) is 0 Å². The molecule has 0 unspecified atom stereocenters. The van der Waals surface area contributed by atoms with Gasteiger partial charge in [0.15, 0.2) is 0 Å². The lowest BCUT2D eigenvalue weighted by molar-refractivity contribution is -0.384. The second-order valence-electron chi connectivity index (χ2n) is 10.3. The van der Waals surface area contributed by atoms with Crippen molar-refractivity contribution in [2.75, 3.05) is 0 Å². The number of carbonyl (C=O) groups excluding carboxylic acids is 1. The van der Waals surface area contributed by atoms with Gasteiger partial charge < -0.3 is 9.40 Å². The summed E-state index contributed by atoms with van der Waals surface area (Å²) >= 11 is 0. The van der Waals surface area contributed by atoms with Crippen LogP contribution >= 0.6 is 0 Å². The van der Waals surface area contributed by atoms with Gasteiger partial charge in [-0.15, -0.1) is 0 Å². The molecule has 0 aliphatic heterocycles. The Hall–Kier alpha value is -3.22. The minimum atomic E-state index is -0.486. The van der Waals surface area contributed by atoms with E-state index < -0.39 is 5.97 Å². The molecule has 2 aromatic carbocycles. The van der Waals surface area contributed by atoms with Crippen LogP contribution in [0.1, 0.15) is 117 Å². The summed E-state index contributed by atoms with van der Waals surface area (Å²) in [5.74, 6) is -0.486. The van der Waals surface area contributed by atoms with Crippen LogP contribution < -0.4 is 0 Å². The van der Waals surface area contributed by atoms with Crippen LogP contribution in [0.25, 0.3) is 21.8 Å². The first kappa shape index (κ1) is 32.0. The fourth-order valence-electron chi connectivity index (χ4n) is 4.82. The zero-order valence-corrected chi connectivity index (χ0v) is 24.6. The number of aryl methyl sites for hydroxylation is 1. The molecule has 0 aliphatic carbocycles. The van der Waals surface area contributed by atoms with E-state index >= 15 is 0 Å². The number of nitrogens with zero attached hydrogens (tertiary/aromatic N) is 3. The summed E-state index contributed by atoms with van der Waals surface area (Å²) in [5, 5.41) is 16.7. The summed E-state index contributed by atoms with van der Waals surface area (Å²) in [6, 6.07) is 10.7. The first-order valence-corrected chi connectivity index (χ1v) is 14.8. The summed E-state index contributed by atoms with van der Waals surface area (Å²) in [6.07, 6.45) is 16.9. The summed E-state index contributed by atoms with van der Waals surface area (Å²) < 4.78 is 2.16. The molecule has 214 valence electrons. The smallest absolute Gasteiger partial charge is 0.331 e. The molecule has 0 aliphatic rings. The van der Waals surface area contributed by atoms with Crippen molar-refractivity contribution in [1.29, 1.82) is 0 Å². The van der Waals surface area contributed by atoms with E-state index in [0.29, 0.717) is 5.71 Å². The summed E-state index contributed by atoms with van der Waals surface area (Å²) in [6.45, 7) is 10.5. The van der Waals surface area contributed by atoms with Crippen LogP contribution in [0.5, 0.6) is 0 Å². The normalized spacial score (nSPS) is 11.5. The molecule has 0 bridgehead atoms. The van der Waals surface area contributed by atoms with Gasteiger partial charge in [-0.05, 0) is 37.1 Å². The molecule has 0 amide bonds. The van der Waals surface area contributed by atoms with E-state index in [9.17, 15) is 14.9 Å². The number of unbranched alkanes of at least 4 members (excludes halogenated alkanes) is 10. The van der Waals surface area contributed by atoms with Crippen molar-refractivity contribution in [3.8, 4) is 0 Å². The summed E-state index contributed by atoms with van der Waals surface area (Å²) in [5.41, 5.74) is 3.37. The first-order chi connectivity index (χ1) is 18.8. The SMILES string of the molecule is CCCCCCCCCCCCC.CCCn1c2ccc(/C(C)=N/OC(C)=O)cc2c2cc([N+](=O)[O-])ccc21. The van der Waals surface area contributed by atoms with Gasteiger partial charge in [0.05, 0.1) is 10.6 Å². The van der Waals surface area contributed by atoms with E-state index in [4.69, 9.17) is 4.84 Å². The van der Waals surface area contributed by atoms with Crippen molar-refractivity contribution in [1.82, 2.24) is 4.57 Å². The predicted octanol–water partition coefficient (Wildman–Crippen LogP) is 9.72. The molecule has 0 radical (unpaired) electrons. The maximum Gasteiger partial charge on any atom is 0.331 e. The van der Waals surface area contributed by atoms with Crippen molar-refractivity contribution < 1.29 is 14.6 Å². The van der Waals surface area contributed by atoms with Gasteiger partial charge in [0.25, 0.3) is 5.69 Å². The highest BCUT2D eigenvalue weighted by Gasteiger charge is 2.15. The Balaban J connectivity index is 0.000000349. The minimum absolute atomic E-state index is 0.0590. The van der Waals surface area contributed by atoms with Crippen molar-refractivity contribution in [3.63, 3.8) is 0 Å².